The Morgan fingerprint density at radius 1 is 1.44 bits per heavy atom. The Morgan fingerprint density at radius 3 is 3.22 bits per heavy atom. The number of aromatic nitrogens is 1. The van der Waals surface area contributed by atoms with E-state index in [4.69, 9.17) is 4.42 Å². The number of rotatable bonds is 3. The Bertz CT molecular complexity index is 532. The molecule has 0 aliphatic carbocycles. The van der Waals surface area contributed by atoms with Crippen molar-refractivity contribution in [2.45, 2.75) is 37.5 Å². The average Bonchev–Trinajstić information content (AvgIpc) is 2.79. The van der Waals surface area contributed by atoms with Gasteiger partial charge in [0, 0.05) is 11.8 Å². The number of thioether (sulfide) groups is 1. The first-order valence-electron chi connectivity index (χ1n) is 6.55. The first-order chi connectivity index (χ1) is 8.81. The zero-order chi connectivity index (χ0) is 12.4. The van der Waals surface area contributed by atoms with Crippen LogP contribution in [0.1, 0.15) is 24.8 Å². The smallest absolute Gasteiger partial charge is 0.256 e. The van der Waals surface area contributed by atoms with Crippen molar-refractivity contribution in [1.29, 1.82) is 0 Å². The molecule has 3 nitrogen and oxygen atoms in total. The fourth-order valence-electron chi connectivity index (χ4n) is 2.32. The molecule has 1 aromatic carbocycles. The third kappa shape index (κ3) is 2.70. The molecular weight excluding hydrogens is 244 g/mol. The maximum Gasteiger partial charge on any atom is 0.256 e. The normalized spacial score (nSPS) is 20.4. The average molecular weight is 262 g/mol. The Balaban J connectivity index is 1.67. The molecule has 0 spiro atoms. The van der Waals surface area contributed by atoms with Crippen molar-refractivity contribution in [3.05, 3.63) is 23.8 Å². The summed E-state index contributed by atoms with van der Waals surface area (Å²) in [4.78, 5) is 4.53. The van der Waals surface area contributed by atoms with E-state index in [0.717, 1.165) is 28.6 Å². The monoisotopic (exact) mass is 262 g/mol. The highest BCUT2D eigenvalue weighted by atomic mass is 32.2. The van der Waals surface area contributed by atoms with Crippen molar-refractivity contribution in [2.24, 2.45) is 0 Å². The van der Waals surface area contributed by atoms with Gasteiger partial charge in [-0.2, -0.15) is 0 Å². The number of nitrogens with zero attached hydrogens (tertiary/aromatic N) is 1. The van der Waals surface area contributed by atoms with E-state index in [1.54, 1.807) is 11.8 Å². The van der Waals surface area contributed by atoms with Crippen LogP contribution in [0.4, 0.5) is 0 Å². The summed E-state index contributed by atoms with van der Waals surface area (Å²) in [7, 11) is 0. The van der Waals surface area contributed by atoms with Crippen LogP contribution >= 0.6 is 11.8 Å². The first-order valence-corrected chi connectivity index (χ1v) is 7.53. The van der Waals surface area contributed by atoms with Crippen molar-refractivity contribution < 1.29 is 4.42 Å². The number of hydrogen-bond acceptors (Lipinski definition) is 4. The molecule has 18 heavy (non-hydrogen) atoms. The maximum absolute atomic E-state index is 5.74. The summed E-state index contributed by atoms with van der Waals surface area (Å²) >= 11 is 1.72. The van der Waals surface area contributed by atoms with Crippen molar-refractivity contribution in [2.75, 3.05) is 12.3 Å². The number of nitrogens with one attached hydrogen (secondary N) is 1. The summed E-state index contributed by atoms with van der Waals surface area (Å²) in [5, 5.41) is 4.34. The molecule has 1 aliphatic rings. The third-order valence-electron chi connectivity index (χ3n) is 3.34. The molecule has 0 bridgehead atoms. The van der Waals surface area contributed by atoms with Crippen molar-refractivity contribution >= 4 is 22.9 Å². The Labute approximate surface area is 111 Å². The van der Waals surface area contributed by atoms with E-state index in [1.165, 1.54) is 24.8 Å². The lowest BCUT2D eigenvalue weighted by atomic mass is 10.1. The van der Waals surface area contributed by atoms with E-state index >= 15 is 0 Å². The minimum absolute atomic E-state index is 0.612. The molecule has 2 aromatic rings. The molecule has 1 saturated heterocycles. The number of benzene rings is 1. The number of fused-ring (bicyclic) bond motifs is 1. The van der Waals surface area contributed by atoms with Crippen LogP contribution in [0.5, 0.6) is 0 Å². The molecule has 1 fully saturated rings. The van der Waals surface area contributed by atoms with E-state index in [1.807, 2.05) is 6.07 Å². The number of piperidine rings is 1. The van der Waals surface area contributed by atoms with Crippen LogP contribution in [0.2, 0.25) is 0 Å². The fourth-order valence-corrected chi connectivity index (χ4v) is 3.26. The zero-order valence-corrected chi connectivity index (χ0v) is 11.4. The van der Waals surface area contributed by atoms with Gasteiger partial charge in [0.25, 0.3) is 5.22 Å². The second kappa shape index (κ2) is 5.33. The van der Waals surface area contributed by atoms with Gasteiger partial charge >= 0.3 is 0 Å². The molecule has 0 radical (unpaired) electrons. The van der Waals surface area contributed by atoms with Gasteiger partial charge < -0.3 is 9.73 Å². The van der Waals surface area contributed by atoms with Crippen LogP contribution in [0.25, 0.3) is 11.1 Å². The van der Waals surface area contributed by atoms with Gasteiger partial charge in [0.2, 0.25) is 0 Å². The molecule has 1 atom stereocenters. The van der Waals surface area contributed by atoms with Crippen LogP contribution in [0, 0.1) is 6.92 Å². The van der Waals surface area contributed by atoms with E-state index in [-0.39, 0.29) is 0 Å². The number of aryl methyl sites for hydroxylation is 1. The highest BCUT2D eigenvalue weighted by Crippen LogP contribution is 2.25. The molecule has 3 rings (SSSR count). The van der Waals surface area contributed by atoms with Crippen molar-refractivity contribution in [3.8, 4) is 0 Å². The second-order valence-electron chi connectivity index (χ2n) is 4.91. The van der Waals surface area contributed by atoms with Crippen LogP contribution in [0.3, 0.4) is 0 Å². The number of hydrogen-bond donors (Lipinski definition) is 1. The summed E-state index contributed by atoms with van der Waals surface area (Å²) in [5.74, 6) is 1.05. The standard InChI is InChI=1S/C14H18N2OS/c1-10-5-6-13-12(8-10)16-14(17-13)18-9-11-4-2-3-7-15-11/h5-6,8,11,15H,2-4,7,9H2,1H3. The lowest BCUT2D eigenvalue weighted by molar-refractivity contribution is 0.427. The molecule has 96 valence electrons. The molecule has 0 amide bonds. The van der Waals surface area contributed by atoms with E-state index in [9.17, 15) is 0 Å². The predicted octanol–water partition coefficient (Wildman–Crippen LogP) is 3.37. The van der Waals surface area contributed by atoms with Crippen LogP contribution in [-0.2, 0) is 0 Å². The SMILES string of the molecule is Cc1ccc2oc(SCC3CCCCN3)nc2c1. The summed E-state index contributed by atoms with van der Waals surface area (Å²) in [6.07, 6.45) is 3.92. The first kappa shape index (κ1) is 12.1. The highest BCUT2D eigenvalue weighted by molar-refractivity contribution is 7.99. The van der Waals surface area contributed by atoms with E-state index in [2.05, 4.69) is 29.4 Å². The summed E-state index contributed by atoms with van der Waals surface area (Å²) in [6, 6.07) is 6.74. The molecule has 1 aliphatic heterocycles. The van der Waals surface area contributed by atoms with Gasteiger partial charge in [-0.25, -0.2) is 4.98 Å². The number of oxazole rings is 1. The van der Waals surface area contributed by atoms with Crippen molar-refractivity contribution in [3.63, 3.8) is 0 Å². The molecule has 0 saturated carbocycles. The molecule has 1 aromatic heterocycles. The zero-order valence-electron chi connectivity index (χ0n) is 10.6. The highest BCUT2D eigenvalue weighted by Gasteiger charge is 2.14. The summed E-state index contributed by atoms with van der Waals surface area (Å²) < 4.78 is 5.74. The predicted molar refractivity (Wildman–Crippen MR) is 75.1 cm³/mol. The maximum atomic E-state index is 5.74. The largest absolute Gasteiger partial charge is 0.431 e. The van der Waals surface area contributed by atoms with Gasteiger partial charge in [0.1, 0.15) is 5.52 Å². The topological polar surface area (TPSA) is 38.1 Å². The van der Waals surface area contributed by atoms with Gasteiger partial charge in [-0.3, -0.25) is 0 Å². The third-order valence-corrected chi connectivity index (χ3v) is 4.33. The Kier molecular flexibility index (Phi) is 3.57. The lowest BCUT2D eigenvalue weighted by Crippen LogP contribution is -2.35. The Hall–Kier alpha value is -1.00. The van der Waals surface area contributed by atoms with Crippen LogP contribution in [0.15, 0.2) is 27.8 Å². The summed E-state index contributed by atoms with van der Waals surface area (Å²) in [5.41, 5.74) is 3.08. The van der Waals surface area contributed by atoms with Crippen molar-refractivity contribution in [1.82, 2.24) is 10.3 Å². The molecule has 2 heterocycles. The quantitative estimate of drug-likeness (QED) is 0.861. The van der Waals surface area contributed by atoms with Crippen LogP contribution < -0.4 is 5.32 Å². The molecular formula is C14H18N2OS. The van der Waals surface area contributed by atoms with E-state index in [0.29, 0.717) is 6.04 Å². The van der Waals surface area contributed by atoms with Gasteiger partial charge in [0.15, 0.2) is 5.58 Å². The molecule has 1 N–H and O–H groups in total. The van der Waals surface area contributed by atoms with Gasteiger partial charge in [-0.15, -0.1) is 0 Å². The second-order valence-corrected chi connectivity index (χ2v) is 5.88. The summed E-state index contributed by atoms with van der Waals surface area (Å²) in [6.45, 7) is 3.23. The van der Waals surface area contributed by atoms with Crippen LogP contribution in [-0.4, -0.2) is 23.3 Å². The fraction of sp³-hybridized carbons (Fsp3) is 0.500. The van der Waals surface area contributed by atoms with Gasteiger partial charge in [0.05, 0.1) is 0 Å². The minimum Gasteiger partial charge on any atom is -0.431 e. The minimum atomic E-state index is 0.612. The van der Waals surface area contributed by atoms with E-state index < -0.39 is 0 Å². The van der Waals surface area contributed by atoms with Gasteiger partial charge in [-0.1, -0.05) is 24.2 Å². The Morgan fingerprint density at radius 2 is 2.39 bits per heavy atom. The van der Waals surface area contributed by atoms with Gasteiger partial charge in [-0.05, 0) is 44.0 Å². The molecule has 4 heteroatoms. The molecule has 1 unspecified atom stereocenters. The lowest BCUT2D eigenvalue weighted by Gasteiger charge is -2.22.